The van der Waals surface area contributed by atoms with Crippen molar-refractivity contribution in [3.05, 3.63) is 63.9 Å². The Morgan fingerprint density at radius 2 is 2.08 bits per heavy atom. The zero-order valence-corrected chi connectivity index (χ0v) is 15.1. The number of anilines is 1. The summed E-state index contributed by atoms with van der Waals surface area (Å²) in [5.41, 5.74) is 4.92. The van der Waals surface area contributed by atoms with Crippen LogP contribution < -0.4 is 5.01 Å². The molecule has 0 unspecified atom stereocenters. The molecule has 5 nitrogen and oxygen atoms in total. The Hall–Kier alpha value is -2.34. The van der Waals surface area contributed by atoms with Crippen molar-refractivity contribution in [3.8, 4) is 0 Å². The summed E-state index contributed by atoms with van der Waals surface area (Å²) in [6.45, 7) is 2.73. The topological polar surface area (TPSA) is 40.9 Å². The highest BCUT2D eigenvalue weighted by molar-refractivity contribution is 9.10. The minimum absolute atomic E-state index is 0.0776. The number of hydrazine groups is 1. The van der Waals surface area contributed by atoms with Crippen molar-refractivity contribution in [2.24, 2.45) is 0 Å². The molecule has 0 saturated carbocycles. The number of halogens is 1. The van der Waals surface area contributed by atoms with Gasteiger partial charge in [0, 0.05) is 24.3 Å². The van der Waals surface area contributed by atoms with Gasteiger partial charge in [-0.3, -0.25) is 9.80 Å². The fourth-order valence-corrected chi connectivity index (χ4v) is 3.64. The van der Waals surface area contributed by atoms with Crippen LogP contribution in [0.3, 0.4) is 0 Å². The number of hydrogen-bond acceptors (Lipinski definition) is 3. The summed E-state index contributed by atoms with van der Waals surface area (Å²) in [7, 11) is 1.94. The number of aryl methyl sites for hydroxylation is 1. The molecule has 0 spiro atoms. The smallest absolute Gasteiger partial charge is 0.285 e. The van der Waals surface area contributed by atoms with E-state index in [2.05, 4.69) is 46.2 Å². The van der Waals surface area contributed by atoms with Crippen LogP contribution in [0, 0.1) is 6.92 Å². The molecule has 6 heteroatoms. The van der Waals surface area contributed by atoms with Crippen LogP contribution in [0.25, 0.3) is 5.52 Å². The summed E-state index contributed by atoms with van der Waals surface area (Å²) in [5, 5.41) is 8.16. The number of para-hydroxylation sites is 1. The highest BCUT2D eigenvalue weighted by atomic mass is 79.9. The first-order valence-corrected chi connectivity index (χ1v) is 8.63. The van der Waals surface area contributed by atoms with E-state index in [9.17, 15) is 4.79 Å². The van der Waals surface area contributed by atoms with Gasteiger partial charge in [-0.25, -0.2) is 9.52 Å². The number of amides is 1. The Bertz CT molecular complexity index is 949. The Kier molecular flexibility index (Phi) is 3.57. The van der Waals surface area contributed by atoms with Crippen molar-refractivity contribution in [1.29, 1.82) is 0 Å². The Morgan fingerprint density at radius 1 is 1.25 bits per heavy atom. The van der Waals surface area contributed by atoms with Crippen molar-refractivity contribution in [1.82, 2.24) is 14.6 Å². The molecule has 0 aliphatic carbocycles. The van der Waals surface area contributed by atoms with Crippen LogP contribution in [0.5, 0.6) is 0 Å². The van der Waals surface area contributed by atoms with Crippen molar-refractivity contribution >= 4 is 33.0 Å². The van der Waals surface area contributed by atoms with Crippen LogP contribution in [0.1, 0.15) is 21.6 Å². The highest BCUT2D eigenvalue weighted by Crippen LogP contribution is 2.30. The fourth-order valence-electron chi connectivity index (χ4n) is 3.32. The third kappa shape index (κ3) is 2.38. The summed E-state index contributed by atoms with van der Waals surface area (Å²) in [6, 6.07) is 12.0. The normalized spacial score (nSPS) is 14.1. The number of benzene rings is 1. The van der Waals surface area contributed by atoms with E-state index < -0.39 is 0 Å². The second-order valence-corrected chi connectivity index (χ2v) is 6.95. The summed E-state index contributed by atoms with van der Waals surface area (Å²) in [6.07, 6.45) is 2.71. The van der Waals surface area contributed by atoms with Crippen LogP contribution >= 0.6 is 15.9 Å². The van der Waals surface area contributed by atoms with E-state index in [4.69, 9.17) is 0 Å². The van der Waals surface area contributed by atoms with Crippen LogP contribution in [0.15, 0.2) is 47.1 Å². The zero-order valence-electron chi connectivity index (χ0n) is 13.5. The third-order valence-electron chi connectivity index (χ3n) is 4.48. The first-order valence-electron chi connectivity index (χ1n) is 7.83. The quantitative estimate of drug-likeness (QED) is 0.644. The number of rotatable bonds is 1. The van der Waals surface area contributed by atoms with Crippen LogP contribution in [0.2, 0.25) is 0 Å². The van der Waals surface area contributed by atoms with Crippen molar-refractivity contribution < 1.29 is 4.79 Å². The van der Waals surface area contributed by atoms with E-state index in [-0.39, 0.29) is 5.91 Å². The minimum Gasteiger partial charge on any atom is -0.285 e. The van der Waals surface area contributed by atoms with E-state index in [1.165, 1.54) is 11.1 Å². The number of hydrogen-bond donors (Lipinski definition) is 0. The molecule has 0 saturated heterocycles. The van der Waals surface area contributed by atoms with Gasteiger partial charge in [0.05, 0.1) is 11.2 Å². The van der Waals surface area contributed by atoms with Gasteiger partial charge < -0.3 is 0 Å². The largest absolute Gasteiger partial charge is 0.292 e. The van der Waals surface area contributed by atoms with Crippen molar-refractivity contribution in [2.45, 2.75) is 13.3 Å². The molecule has 3 aromatic rings. The minimum atomic E-state index is -0.0776. The number of pyridine rings is 1. The summed E-state index contributed by atoms with van der Waals surface area (Å²) < 4.78 is 2.65. The Labute approximate surface area is 148 Å². The second-order valence-electron chi connectivity index (χ2n) is 6.03. The van der Waals surface area contributed by atoms with Gasteiger partial charge >= 0.3 is 0 Å². The lowest BCUT2D eigenvalue weighted by molar-refractivity contribution is 0.0732. The van der Waals surface area contributed by atoms with E-state index in [1.54, 1.807) is 9.52 Å². The molecule has 3 heterocycles. The number of fused-ring (bicyclic) bond motifs is 2. The number of carbonyl (C=O) groups excluding carboxylic acids is 1. The standard InChI is InChI=1S/C18H17BrN4O/c1-12-4-3-5-13-8-9-23(21(2)17(12)13)18(24)16-10-15-7-6-14(19)11-22(15)20-16/h3-7,10-11H,8-9H2,1-2H3. The molecule has 122 valence electrons. The molecule has 0 atom stereocenters. The fraction of sp³-hybridized carbons (Fsp3) is 0.222. The van der Waals surface area contributed by atoms with E-state index in [1.807, 2.05) is 36.5 Å². The Balaban J connectivity index is 1.70. The zero-order chi connectivity index (χ0) is 16.8. The predicted octanol–water partition coefficient (Wildman–Crippen LogP) is 3.45. The van der Waals surface area contributed by atoms with E-state index in [0.717, 1.165) is 22.1 Å². The second kappa shape index (κ2) is 5.63. The van der Waals surface area contributed by atoms with Crippen molar-refractivity contribution in [2.75, 3.05) is 18.6 Å². The molecule has 0 fully saturated rings. The Morgan fingerprint density at radius 3 is 2.92 bits per heavy atom. The molecular weight excluding hydrogens is 368 g/mol. The van der Waals surface area contributed by atoms with Gasteiger partial charge in [0.1, 0.15) is 0 Å². The number of carbonyl (C=O) groups is 1. The molecule has 1 aliphatic heterocycles. The molecule has 4 rings (SSSR count). The van der Waals surface area contributed by atoms with Gasteiger partial charge in [0.15, 0.2) is 5.69 Å². The molecule has 1 aliphatic rings. The molecule has 0 N–H and O–H groups in total. The van der Waals surface area contributed by atoms with Gasteiger partial charge in [0.25, 0.3) is 5.91 Å². The molecule has 0 radical (unpaired) electrons. The number of aromatic nitrogens is 2. The first kappa shape index (κ1) is 15.2. The van der Waals surface area contributed by atoms with Crippen molar-refractivity contribution in [3.63, 3.8) is 0 Å². The first-order chi connectivity index (χ1) is 11.5. The maximum absolute atomic E-state index is 13.0. The summed E-state index contributed by atoms with van der Waals surface area (Å²) >= 11 is 3.43. The van der Waals surface area contributed by atoms with Gasteiger partial charge in [-0.15, -0.1) is 0 Å². The lowest BCUT2D eigenvalue weighted by Gasteiger charge is -2.39. The monoisotopic (exact) mass is 384 g/mol. The maximum Gasteiger partial charge on any atom is 0.292 e. The van der Waals surface area contributed by atoms with Crippen LogP contribution in [0.4, 0.5) is 5.69 Å². The highest BCUT2D eigenvalue weighted by Gasteiger charge is 2.28. The predicted molar refractivity (Wildman–Crippen MR) is 97.2 cm³/mol. The maximum atomic E-state index is 13.0. The summed E-state index contributed by atoms with van der Waals surface area (Å²) in [5.74, 6) is -0.0776. The van der Waals surface area contributed by atoms with Gasteiger partial charge in [-0.1, -0.05) is 18.2 Å². The molecule has 24 heavy (non-hydrogen) atoms. The summed E-state index contributed by atoms with van der Waals surface area (Å²) in [4.78, 5) is 13.0. The molecule has 2 aromatic heterocycles. The lowest BCUT2D eigenvalue weighted by atomic mass is 10.0. The molecule has 1 amide bonds. The average Bonchev–Trinajstić information content (AvgIpc) is 2.97. The molecular formula is C18H17BrN4O. The SMILES string of the molecule is Cc1cccc2c1N(C)N(C(=O)c1cc3ccc(Br)cn3n1)CC2. The van der Waals surface area contributed by atoms with E-state index >= 15 is 0 Å². The van der Waals surface area contributed by atoms with Gasteiger partial charge in [-0.2, -0.15) is 5.10 Å². The molecule has 1 aromatic carbocycles. The molecule has 0 bridgehead atoms. The average molecular weight is 385 g/mol. The third-order valence-corrected chi connectivity index (χ3v) is 4.95. The van der Waals surface area contributed by atoms with Crippen LogP contribution in [-0.4, -0.2) is 34.1 Å². The number of nitrogens with zero attached hydrogens (tertiary/aromatic N) is 4. The lowest BCUT2D eigenvalue weighted by Crippen LogP contribution is -2.49. The van der Waals surface area contributed by atoms with Crippen LogP contribution in [-0.2, 0) is 6.42 Å². The van der Waals surface area contributed by atoms with Gasteiger partial charge in [-0.05, 0) is 58.6 Å². The van der Waals surface area contributed by atoms with E-state index in [0.29, 0.717) is 12.2 Å². The van der Waals surface area contributed by atoms with Gasteiger partial charge in [0.2, 0.25) is 0 Å².